The Morgan fingerprint density at radius 3 is 1.81 bits per heavy atom. The number of rotatable bonds is 8. The van der Waals surface area contributed by atoms with Gasteiger partial charge < -0.3 is 19.3 Å². The topological polar surface area (TPSA) is 85.2 Å². The fraction of sp³-hybridized carbons (Fsp3) is 0.520. The van der Waals surface area contributed by atoms with E-state index in [2.05, 4.69) is 30.5 Å². The van der Waals surface area contributed by atoms with Crippen molar-refractivity contribution < 1.29 is 28.3 Å². The van der Waals surface area contributed by atoms with Crippen molar-refractivity contribution in [1.29, 1.82) is 0 Å². The van der Waals surface area contributed by atoms with Crippen LogP contribution in [0.4, 0.5) is 0 Å². The molecule has 32 heavy (non-hydrogen) atoms. The second-order valence-corrected chi connectivity index (χ2v) is 11.7. The third-order valence-corrected chi connectivity index (χ3v) is 5.35. The average Bonchev–Trinajstić information content (AvgIpc) is 2.59. The minimum atomic E-state index is -4.52. The van der Waals surface area contributed by atoms with Crippen LogP contribution in [-0.2, 0) is 20.9 Å². The highest BCUT2D eigenvalue weighted by Crippen LogP contribution is 2.38. The molecule has 0 aliphatic rings. The Morgan fingerprint density at radius 1 is 0.781 bits per heavy atom. The molecule has 2 aromatic carbocycles. The van der Waals surface area contributed by atoms with E-state index >= 15 is 0 Å². The molecule has 0 heterocycles. The summed E-state index contributed by atoms with van der Waals surface area (Å²) < 4.78 is 27.8. The molecule has 178 valence electrons. The number of hydrogen-bond donors (Lipinski definition) is 2. The highest BCUT2D eigenvalue weighted by atomic mass is 31.2. The van der Waals surface area contributed by atoms with E-state index in [1.165, 1.54) is 0 Å². The lowest BCUT2D eigenvalue weighted by Gasteiger charge is -2.29. The first-order valence-corrected chi connectivity index (χ1v) is 12.3. The van der Waals surface area contributed by atoms with Gasteiger partial charge in [-0.05, 0) is 76.4 Å². The molecule has 0 aliphatic heterocycles. The molecular weight excluding hydrogens is 427 g/mol. The summed E-state index contributed by atoms with van der Waals surface area (Å²) in [6.45, 7) is 16.1. The van der Waals surface area contributed by atoms with Gasteiger partial charge in [-0.25, -0.2) is 4.57 Å². The Balaban J connectivity index is 2.35. The molecule has 0 amide bonds. The molecule has 0 spiro atoms. The van der Waals surface area contributed by atoms with Gasteiger partial charge in [0.05, 0.1) is 6.61 Å². The molecule has 0 saturated carbocycles. The standard InChI is InChI=1S/C25H37O6P/c1-23(2,3)30-21-12-9-19(10-13-21)25(7,8)20-11-14-22(31-24(4,5)6)18(17-20)15-16-29-32(26,27)28/h9-14,17H,15-16H2,1-8H3,(H2,26,27,28). The number of ether oxygens (including phenoxy) is 2. The van der Waals surface area contributed by atoms with Crippen LogP contribution in [0.2, 0.25) is 0 Å². The van der Waals surface area contributed by atoms with Gasteiger partial charge >= 0.3 is 7.82 Å². The average molecular weight is 465 g/mol. The first-order valence-electron chi connectivity index (χ1n) is 10.8. The molecule has 0 aliphatic carbocycles. The molecular formula is C25H37O6P. The van der Waals surface area contributed by atoms with Gasteiger partial charge in [0.15, 0.2) is 0 Å². The summed E-state index contributed by atoms with van der Waals surface area (Å²) in [5.74, 6) is 1.50. The van der Waals surface area contributed by atoms with E-state index in [1.807, 2.05) is 71.9 Å². The van der Waals surface area contributed by atoms with Crippen LogP contribution in [0.3, 0.4) is 0 Å². The number of phosphoric acid groups is 1. The van der Waals surface area contributed by atoms with E-state index < -0.39 is 13.4 Å². The molecule has 0 atom stereocenters. The van der Waals surface area contributed by atoms with Crippen molar-refractivity contribution >= 4 is 7.82 Å². The highest BCUT2D eigenvalue weighted by Gasteiger charge is 2.26. The summed E-state index contributed by atoms with van der Waals surface area (Å²) in [6, 6.07) is 14.1. The Morgan fingerprint density at radius 2 is 1.31 bits per heavy atom. The summed E-state index contributed by atoms with van der Waals surface area (Å²) >= 11 is 0. The van der Waals surface area contributed by atoms with E-state index in [1.54, 1.807) is 0 Å². The lowest BCUT2D eigenvalue weighted by molar-refractivity contribution is 0.128. The van der Waals surface area contributed by atoms with Crippen molar-refractivity contribution in [3.05, 3.63) is 59.2 Å². The molecule has 0 aromatic heterocycles. The van der Waals surface area contributed by atoms with Crippen LogP contribution in [-0.4, -0.2) is 27.6 Å². The predicted octanol–water partition coefficient (Wildman–Crippen LogP) is 6.02. The first kappa shape index (κ1) is 26.4. The lowest BCUT2D eigenvalue weighted by atomic mass is 9.77. The molecule has 0 saturated heterocycles. The maximum Gasteiger partial charge on any atom is 0.469 e. The number of hydrogen-bond acceptors (Lipinski definition) is 4. The molecule has 2 N–H and O–H groups in total. The van der Waals surface area contributed by atoms with Crippen LogP contribution in [0.15, 0.2) is 42.5 Å². The van der Waals surface area contributed by atoms with Gasteiger partial charge in [0.2, 0.25) is 0 Å². The third kappa shape index (κ3) is 8.25. The molecule has 0 unspecified atom stereocenters. The first-order chi connectivity index (χ1) is 14.5. The van der Waals surface area contributed by atoms with Gasteiger partial charge in [0, 0.05) is 11.8 Å². The van der Waals surface area contributed by atoms with Gasteiger partial charge in [0.1, 0.15) is 22.7 Å². The molecule has 2 aromatic rings. The van der Waals surface area contributed by atoms with Gasteiger partial charge in [-0.2, -0.15) is 0 Å². The number of phosphoric ester groups is 1. The van der Waals surface area contributed by atoms with Crippen LogP contribution in [0.5, 0.6) is 11.5 Å². The minimum Gasteiger partial charge on any atom is -0.488 e. The predicted molar refractivity (Wildman–Crippen MR) is 127 cm³/mol. The zero-order chi connectivity index (χ0) is 24.4. The van der Waals surface area contributed by atoms with Crippen molar-refractivity contribution in [3.8, 4) is 11.5 Å². The summed E-state index contributed by atoms with van der Waals surface area (Å²) in [5.41, 5.74) is 2.06. The fourth-order valence-electron chi connectivity index (χ4n) is 3.33. The van der Waals surface area contributed by atoms with Crippen molar-refractivity contribution in [1.82, 2.24) is 0 Å². The molecule has 2 rings (SSSR count). The summed E-state index contributed by atoms with van der Waals surface area (Å²) in [4.78, 5) is 18.0. The van der Waals surface area contributed by atoms with E-state index in [-0.39, 0.29) is 17.6 Å². The summed E-state index contributed by atoms with van der Waals surface area (Å²) in [7, 11) is -4.52. The van der Waals surface area contributed by atoms with Crippen LogP contribution >= 0.6 is 7.82 Å². The Bertz CT molecular complexity index is 946. The normalized spacial score (nSPS) is 13.2. The molecule has 7 heteroatoms. The zero-order valence-corrected chi connectivity index (χ0v) is 21.3. The molecule has 0 bridgehead atoms. The van der Waals surface area contributed by atoms with Gasteiger partial charge in [-0.1, -0.05) is 38.1 Å². The van der Waals surface area contributed by atoms with Crippen molar-refractivity contribution in [2.75, 3.05) is 6.61 Å². The largest absolute Gasteiger partial charge is 0.488 e. The molecule has 0 radical (unpaired) electrons. The Hall–Kier alpha value is -1.85. The van der Waals surface area contributed by atoms with Crippen molar-refractivity contribution in [3.63, 3.8) is 0 Å². The van der Waals surface area contributed by atoms with Gasteiger partial charge in [0.25, 0.3) is 0 Å². The Kier molecular flexibility index (Phi) is 7.89. The zero-order valence-electron chi connectivity index (χ0n) is 20.4. The van der Waals surface area contributed by atoms with Crippen LogP contribution in [0, 0.1) is 0 Å². The monoisotopic (exact) mass is 464 g/mol. The van der Waals surface area contributed by atoms with E-state index in [0.717, 1.165) is 22.4 Å². The second-order valence-electron chi connectivity index (χ2n) is 10.5. The summed E-state index contributed by atoms with van der Waals surface area (Å²) in [5, 5.41) is 0. The van der Waals surface area contributed by atoms with E-state index in [4.69, 9.17) is 19.3 Å². The maximum absolute atomic E-state index is 11.1. The lowest BCUT2D eigenvalue weighted by Crippen LogP contribution is -2.25. The minimum absolute atomic E-state index is 0.104. The molecule has 0 fully saturated rings. The summed E-state index contributed by atoms with van der Waals surface area (Å²) in [6.07, 6.45) is 0.318. The smallest absolute Gasteiger partial charge is 0.469 e. The molecule has 6 nitrogen and oxygen atoms in total. The fourth-order valence-corrected chi connectivity index (χ4v) is 3.66. The van der Waals surface area contributed by atoms with Crippen LogP contribution in [0.25, 0.3) is 0 Å². The van der Waals surface area contributed by atoms with Crippen molar-refractivity contribution in [2.45, 2.75) is 78.4 Å². The maximum atomic E-state index is 11.1. The van der Waals surface area contributed by atoms with Gasteiger partial charge in [-0.3, -0.25) is 4.52 Å². The Labute approximate surface area is 192 Å². The third-order valence-electron chi connectivity index (χ3n) is 4.83. The van der Waals surface area contributed by atoms with E-state index in [9.17, 15) is 4.57 Å². The SMILES string of the molecule is CC(C)(C)Oc1ccc(C(C)(C)c2ccc(OC(C)(C)C)c(CCOP(=O)(O)O)c2)cc1. The highest BCUT2D eigenvalue weighted by molar-refractivity contribution is 7.46. The second kappa shape index (κ2) is 9.56. The quantitative estimate of drug-likeness (QED) is 0.465. The van der Waals surface area contributed by atoms with E-state index in [0.29, 0.717) is 12.2 Å². The number of benzene rings is 2. The van der Waals surface area contributed by atoms with Crippen LogP contribution < -0.4 is 9.47 Å². The van der Waals surface area contributed by atoms with Gasteiger partial charge in [-0.15, -0.1) is 0 Å². The van der Waals surface area contributed by atoms with Crippen molar-refractivity contribution in [2.24, 2.45) is 0 Å². The van der Waals surface area contributed by atoms with Crippen LogP contribution in [0.1, 0.15) is 72.1 Å².